The average molecular weight is 463 g/mol. The number of rotatable bonds is 5. The van der Waals surface area contributed by atoms with Crippen molar-refractivity contribution in [1.29, 1.82) is 0 Å². The van der Waals surface area contributed by atoms with Gasteiger partial charge in [-0.2, -0.15) is 0 Å². The van der Waals surface area contributed by atoms with Crippen molar-refractivity contribution in [3.8, 4) is 0 Å². The van der Waals surface area contributed by atoms with E-state index in [-0.39, 0.29) is 20.6 Å². The predicted octanol–water partition coefficient (Wildman–Crippen LogP) is 2.56. The summed E-state index contributed by atoms with van der Waals surface area (Å²) in [6.07, 6.45) is -1.35. The highest BCUT2D eigenvalue weighted by Crippen LogP contribution is 2.22. The molecule has 0 saturated heterocycles. The van der Waals surface area contributed by atoms with E-state index in [0.29, 0.717) is 6.07 Å². The largest absolute Gasteiger partial charge is 0.449 e. The van der Waals surface area contributed by atoms with Gasteiger partial charge in [0.2, 0.25) is 10.0 Å². The van der Waals surface area contributed by atoms with Crippen LogP contribution >= 0.6 is 15.9 Å². The third-order valence-electron chi connectivity index (χ3n) is 3.33. The molecule has 2 rings (SSSR count). The van der Waals surface area contributed by atoms with Crippen molar-refractivity contribution in [2.45, 2.75) is 17.9 Å². The molecule has 1 unspecified atom stereocenters. The van der Waals surface area contributed by atoms with E-state index >= 15 is 0 Å². The quantitative estimate of drug-likeness (QED) is 0.662. The zero-order valence-electron chi connectivity index (χ0n) is 13.7. The second-order valence-corrected chi connectivity index (χ2v) is 7.76. The van der Waals surface area contributed by atoms with E-state index in [2.05, 4.69) is 21.2 Å². The van der Waals surface area contributed by atoms with Crippen LogP contribution in [0, 0.1) is 11.6 Å². The molecule has 0 aromatic heterocycles. The summed E-state index contributed by atoms with van der Waals surface area (Å²) in [6.45, 7) is 1.23. The molecule has 0 radical (unpaired) electrons. The Labute approximate surface area is 161 Å². The number of primary sulfonamides is 1. The van der Waals surface area contributed by atoms with Crippen LogP contribution in [0.15, 0.2) is 45.8 Å². The number of ether oxygens (including phenoxy) is 1. The molecule has 7 nitrogen and oxygen atoms in total. The Morgan fingerprint density at radius 1 is 1.19 bits per heavy atom. The van der Waals surface area contributed by atoms with E-state index in [4.69, 9.17) is 9.88 Å². The van der Waals surface area contributed by atoms with E-state index < -0.39 is 39.6 Å². The Balaban J connectivity index is 2.14. The lowest BCUT2D eigenvalue weighted by atomic mass is 10.2. The molecule has 0 spiro atoms. The Hall–Kier alpha value is -2.37. The van der Waals surface area contributed by atoms with Crippen LogP contribution < -0.4 is 10.5 Å². The molecule has 144 valence electrons. The average Bonchev–Trinajstić information content (AvgIpc) is 2.56. The van der Waals surface area contributed by atoms with Crippen molar-refractivity contribution in [3.63, 3.8) is 0 Å². The van der Waals surface area contributed by atoms with Crippen LogP contribution in [0.3, 0.4) is 0 Å². The fourth-order valence-electron chi connectivity index (χ4n) is 1.94. The van der Waals surface area contributed by atoms with Crippen molar-refractivity contribution in [3.05, 3.63) is 58.1 Å². The van der Waals surface area contributed by atoms with Crippen molar-refractivity contribution < 1.29 is 31.5 Å². The van der Waals surface area contributed by atoms with Gasteiger partial charge < -0.3 is 10.1 Å². The lowest BCUT2D eigenvalue weighted by Crippen LogP contribution is -2.30. The highest BCUT2D eigenvalue weighted by atomic mass is 79.9. The number of anilines is 1. The summed E-state index contributed by atoms with van der Waals surface area (Å²) in [6, 6.07) is 6.02. The molecule has 1 atom stereocenters. The van der Waals surface area contributed by atoms with Crippen LogP contribution in [-0.2, 0) is 19.6 Å². The van der Waals surface area contributed by atoms with E-state index in [9.17, 15) is 26.8 Å². The van der Waals surface area contributed by atoms with Crippen LogP contribution in [0.4, 0.5) is 14.5 Å². The fraction of sp³-hybridized carbons (Fsp3) is 0.125. The first-order valence-electron chi connectivity index (χ1n) is 7.28. The number of sulfonamides is 1. The standard InChI is InChI=1S/C16H13BrF2N2O5S/c1-8(15(22)21-14-5-2-9(18)6-13(14)19)26-16(23)11-7-10(27(20,24)25)3-4-12(11)17/h2-8H,1H3,(H,21,22)(H2,20,24,25). The van der Waals surface area contributed by atoms with Gasteiger partial charge in [0.05, 0.1) is 16.1 Å². The van der Waals surface area contributed by atoms with Crippen molar-refractivity contribution in [2.75, 3.05) is 5.32 Å². The molecule has 2 aromatic rings. The third-order valence-corrected chi connectivity index (χ3v) is 4.93. The SMILES string of the molecule is CC(OC(=O)c1cc(S(N)(=O)=O)ccc1Br)C(=O)Nc1ccc(F)cc1F. The van der Waals surface area contributed by atoms with E-state index in [1.54, 1.807) is 0 Å². The van der Waals surface area contributed by atoms with Gasteiger partial charge in [0.1, 0.15) is 11.6 Å². The molecule has 2 aromatic carbocycles. The maximum absolute atomic E-state index is 13.6. The van der Waals surface area contributed by atoms with Gasteiger partial charge in [-0.15, -0.1) is 0 Å². The Morgan fingerprint density at radius 3 is 2.44 bits per heavy atom. The van der Waals surface area contributed by atoms with Gasteiger partial charge in [-0.05, 0) is 53.2 Å². The molecule has 0 aliphatic carbocycles. The summed E-state index contributed by atoms with van der Waals surface area (Å²) in [7, 11) is -4.05. The second-order valence-electron chi connectivity index (χ2n) is 5.35. The first-order chi connectivity index (χ1) is 12.5. The normalized spacial score (nSPS) is 12.3. The minimum atomic E-state index is -4.05. The van der Waals surface area contributed by atoms with Gasteiger partial charge in [0.25, 0.3) is 5.91 Å². The number of hydrogen-bond donors (Lipinski definition) is 2. The van der Waals surface area contributed by atoms with Crippen LogP contribution in [0.5, 0.6) is 0 Å². The number of nitrogens with one attached hydrogen (secondary N) is 1. The molecular weight excluding hydrogens is 450 g/mol. The maximum atomic E-state index is 13.6. The summed E-state index contributed by atoms with van der Waals surface area (Å²) in [5.74, 6) is -3.68. The third kappa shape index (κ3) is 5.31. The van der Waals surface area contributed by atoms with Gasteiger partial charge in [-0.3, -0.25) is 4.79 Å². The number of carbonyl (C=O) groups excluding carboxylic acids is 2. The number of benzene rings is 2. The van der Waals surface area contributed by atoms with Gasteiger partial charge >= 0.3 is 5.97 Å². The molecule has 0 bridgehead atoms. The van der Waals surface area contributed by atoms with Crippen LogP contribution in [0.1, 0.15) is 17.3 Å². The predicted molar refractivity (Wildman–Crippen MR) is 95.4 cm³/mol. The zero-order chi connectivity index (χ0) is 20.4. The number of esters is 1. The first-order valence-corrected chi connectivity index (χ1v) is 9.62. The minimum absolute atomic E-state index is 0.172. The highest BCUT2D eigenvalue weighted by Gasteiger charge is 2.23. The van der Waals surface area contributed by atoms with Crippen molar-refractivity contribution in [2.24, 2.45) is 5.14 Å². The van der Waals surface area contributed by atoms with Crippen LogP contribution in [-0.4, -0.2) is 26.4 Å². The summed E-state index contributed by atoms with van der Waals surface area (Å²) < 4.78 is 54.4. The highest BCUT2D eigenvalue weighted by molar-refractivity contribution is 9.10. The molecule has 11 heteroatoms. The summed E-state index contributed by atoms with van der Waals surface area (Å²) in [4.78, 5) is 24.0. The topological polar surface area (TPSA) is 116 Å². The lowest BCUT2D eigenvalue weighted by Gasteiger charge is -2.15. The van der Waals surface area contributed by atoms with Crippen LogP contribution in [0.25, 0.3) is 0 Å². The number of amides is 1. The minimum Gasteiger partial charge on any atom is -0.449 e. The maximum Gasteiger partial charge on any atom is 0.340 e. The summed E-state index contributed by atoms with van der Waals surface area (Å²) >= 11 is 3.07. The Morgan fingerprint density at radius 2 is 1.85 bits per heavy atom. The number of carbonyl (C=O) groups is 2. The Kier molecular flexibility index (Phi) is 6.29. The molecule has 0 aliphatic heterocycles. The van der Waals surface area contributed by atoms with Crippen molar-refractivity contribution in [1.82, 2.24) is 0 Å². The molecule has 1 amide bonds. The van der Waals surface area contributed by atoms with Gasteiger partial charge in [-0.25, -0.2) is 27.1 Å². The van der Waals surface area contributed by atoms with Gasteiger partial charge in [0.15, 0.2) is 6.10 Å². The second kappa shape index (κ2) is 8.11. The number of halogens is 3. The van der Waals surface area contributed by atoms with E-state index in [1.165, 1.54) is 19.1 Å². The summed E-state index contributed by atoms with van der Waals surface area (Å²) in [5, 5.41) is 7.17. The van der Waals surface area contributed by atoms with Crippen LogP contribution in [0.2, 0.25) is 0 Å². The molecule has 0 fully saturated rings. The molecule has 0 saturated carbocycles. The zero-order valence-corrected chi connectivity index (χ0v) is 16.1. The number of nitrogens with two attached hydrogens (primary N) is 1. The molecule has 3 N–H and O–H groups in total. The molecule has 27 heavy (non-hydrogen) atoms. The smallest absolute Gasteiger partial charge is 0.340 e. The molecule has 0 heterocycles. The monoisotopic (exact) mass is 462 g/mol. The summed E-state index contributed by atoms with van der Waals surface area (Å²) in [5.41, 5.74) is -0.462. The first kappa shape index (κ1) is 20.9. The fourth-order valence-corrected chi connectivity index (χ4v) is 2.89. The van der Waals surface area contributed by atoms with Crippen molar-refractivity contribution >= 4 is 43.5 Å². The lowest BCUT2D eigenvalue weighted by molar-refractivity contribution is -0.123. The molecule has 0 aliphatic rings. The van der Waals surface area contributed by atoms with E-state index in [1.807, 2.05) is 0 Å². The van der Waals surface area contributed by atoms with E-state index in [0.717, 1.165) is 18.2 Å². The Bertz CT molecular complexity index is 1010. The number of hydrogen-bond acceptors (Lipinski definition) is 5. The van der Waals surface area contributed by atoms with Gasteiger partial charge in [-0.1, -0.05) is 0 Å². The van der Waals surface area contributed by atoms with Gasteiger partial charge in [0, 0.05) is 10.5 Å². The molecular formula is C16H13BrF2N2O5S.